The summed E-state index contributed by atoms with van der Waals surface area (Å²) in [6.45, 7) is 3.51. The van der Waals surface area contributed by atoms with Crippen LogP contribution in [0.1, 0.15) is 42.1 Å². The molecule has 1 aliphatic rings. The van der Waals surface area contributed by atoms with Crippen LogP contribution in [0, 0.1) is 0 Å². The third-order valence-electron chi connectivity index (χ3n) is 3.95. The summed E-state index contributed by atoms with van der Waals surface area (Å²) in [5.41, 5.74) is 1.44. The topological polar surface area (TPSA) is 49.8 Å². The zero-order chi connectivity index (χ0) is 15.4. The average Bonchev–Trinajstić information content (AvgIpc) is 2.86. The predicted octanol–water partition coefficient (Wildman–Crippen LogP) is 2.86. The summed E-state index contributed by atoms with van der Waals surface area (Å²) in [5.74, 6) is -0.352. The first-order valence-electron chi connectivity index (χ1n) is 7.30. The maximum absolute atomic E-state index is 11.6. The number of aliphatic hydroxyl groups excluding tert-OH is 1. The molecule has 2 atom stereocenters. The molecule has 0 spiro atoms. The van der Waals surface area contributed by atoms with Crippen molar-refractivity contribution in [2.24, 2.45) is 0 Å². The first kappa shape index (κ1) is 16.3. The summed E-state index contributed by atoms with van der Waals surface area (Å²) < 4.78 is 4.75. The lowest BCUT2D eigenvalue weighted by Gasteiger charge is -2.26. The molecule has 5 heteroatoms. The maximum atomic E-state index is 11.6. The van der Waals surface area contributed by atoms with Crippen molar-refractivity contribution in [3.63, 3.8) is 0 Å². The number of carbonyl (C=O) groups excluding carboxylic acids is 1. The van der Waals surface area contributed by atoms with Gasteiger partial charge in [0.2, 0.25) is 0 Å². The molecule has 4 nitrogen and oxygen atoms in total. The zero-order valence-electron chi connectivity index (χ0n) is 12.5. The van der Waals surface area contributed by atoms with E-state index in [0.717, 1.165) is 31.4 Å². The standard InChI is InChI=1S/C16H22ClNO3/c1-11(19)8-14-4-3-7-18(14)10-13-9-12(16(20)21-2)5-6-15(13)17/h5-6,9,11,14,19H,3-4,7-8,10H2,1-2H3. The van der Waals surface area contributed by atoms with Crippen molar-refractivity contribution in [3.8, 4) is 0 Å². The summed E-state index contributed by atoms with van der Waals surface area (Å²) in [6.07, 6.45) is 2.70. The smallest absolute Gasteiger partial charge is 0.337 e. The van der Waals surface area contributed by atoms with Crippen molar-refractivity contribution in [2.45, 2.75) is 44.9 Å². The Bertz CT molecular complexity index is 504. The number of esters is 1. The van der Waals surface area contributed by atoms with Gasteiger partial charge in [0.05, 0.1) is 18.8 Å². The van der Waals surface area contributed by atoms with Gasteiger partial charge in [-0.1, -0.05) is 11.6 Å². The van der Waals surface area contributed by atoms with E-state index in [1.54, 1.807) is 18.2 Å². The van der Waals surface area contributed by atoms with Gasteiger partial charge in [-0.3, -0.25) is 4.90 Å². The molecular weight excluding hydrogens is 290 g/mol. The molecule has 1 heterocycles. The molecule has 0 amide bonds. The minimum atomic E-state index is -0.352. The van der Waals surface area contributed by atoms with Gasteiger partial charge in [0, 0.05) is 17.6 Å². The number of hydrogen-bond acceptors (Lipinski definition) is 4. The van der Waals surface area contributed by atoms with Gasteiger partial charge in [-0.25, -0.2) is 4.79 Å². The number of nitrogens with zero attached hydrogens (tertiary/aromatic N) is 1. The van der Waals surface area contributed by atoms with Crippen LogP contribution in [0.25, 0.3) is 0 Å². The predicted molar refractivity (Wildman–Crippen MR) is 82.5 cm³/mol. The Balaban J connectivity index is 2.12. The van der Waals surface area contributed by atoms with Gasteiger partial charge in [-0.15, -0.1) is 0 Å². The maximum Gasteiger partial charge on any atom is 0.337 e. The molecule has 1 aromatic carbocycles. The number of methoxy groups -OCH3 is 1. The van der Waals surface area contributed by atoms with Crippen molar-refractivity contribution in [1.82, 2.24) is 4.90 Å². The number of carbonyl (C=O) groups is 1. The Labute approximate surface area is 130 Å². The van der Waals surface area contributed by atoms with Gasteiger partial charge < -0.3 is 9.84 Å². The summed E-state index contributed by atoms with van der Waals surface area (Å²) in [7, 11) is 1.37. The minimum Gasteiger partial charge on any atom is -0.465 e. The van der Waals surface area contributed by atoms with E-state index in [4.69, 9.17) is 16.3 Å². The highest BCUT2D eigenvalue weighted by molar-refractivity contribution is 6.31. The summed E-state index contributed by atoms with van der Waals surface area (Å²) in [4.78, 5) is 13.9. The molecule has 1 saturated heterocycles. The van der Waals surface area contributed by atoms with Gasteiger partial charge in [0.25, 0.3) is 0 Å². The molecule has 0 aliphatic carbocycles. The number of halogens is 1. The molecule has 2 unspecified atom stereocenters. The highest BCUT2D eigenvalue weighted by atomic mass is 35.5. The van der Waals surface area contributed by atoms with E-state index in [1.807, 2.05) is 6.92 Å². The van der Waals surface area contributed by atoms with E-state index in [2.05, 4.69) is 4.90 Å². The number of rotatable bonds is 5. The number of aliphatic hydroxyl groups is 1. The van der Waals surface area contributed by atoms with Crippen LogP contribution in [0.5, 0.6) is 0 Å². The third kappa shape index (κ3) is 4.19. The van der Waals surface area contributed by atoms with Crippen LogP contribution in [0.4, 0.5) is 0 Å². The second kappa shape index (κ2) is 7.25. The largest absolute Gasteiger partial charge is 0.465 e. The van der Waals surface area contributed by atoms with E-state index < -0.39 is 0 Å². The van der Waals surface area contributed by atoms with E-state index >= 15 is 0 Å². The van der Waals surface area contributed by atoms with Crippen LogP contribution in [0.15, 0.2) is 18.2 Å². The summed E-state index contributed by atoms with van der Waals surface area (Å²) in [6, 6.07) is 5.59. The number of benzene rings is 1. The van der Waals surface area contributed by atoms with Crippen molar-refractivity contribution in [2.75, 3.05) is 13.7 Å². The van der Waals surface area contributed by atoms with Crippen LogP contribution in [-0.2, 0) is 11.3 Å². The molecule has 0 saturated carbocycles. The molecule has 116 valence electrons. The van der Waals surface area contributed by atoms with E-state index in [1.165, 1.54) is 7.11 Å². The zero-order valence-corrected chi connectivity index (χ0v) is 13.3. The Kier molecular flexibility index (Phi) is 5.62. The molecule has 1 N–H and O–H groups in total. The number of hydrogen-bond donors (Lipinski definition) is 1. The molecule has 1 aliphatic heterocycles. The minimum absolute atomic E-state index is 0.299. The fraction of sp³-hybridized carbons (Fsp3) is 0.562. The van der Waals surface area contributed by atoms with Gasteiger partial charge in [-0.05, 0) is 56.5 Å². The Morgan fingerprint density at radius 2 is 2.33 bits per heavy atom. The van der Waals surface area contributed by atoms with Gasteiger partial charge in [0.15, 0.2) is 0 Å². The fourth-order valence-electron chi connectivity index (χ4n) is 2.92. The lowest BCUT2D eigenvalue weighted by atomic mass is 10.1. The lowest BCUT2D eigenvalue weighted by molar-refractivity contribution is 0.0600. The van der Waals surface area contributed by atoms with Gasteiger partial charge >= 0.3 is 5.97 Å². The monoisotopic (exact) mass is 311 g/mol. The van der Waals surface area contributed by atoms with Gasteiger partial charge in [-0.2, -0.15) is 0 Å². The van der Waals surface area contributed by atoms with Gasteiger partial charge in [0.1, 0.15) is 0 Å². The quantitative estimate of drug-likeness (QED) is 0.850. The van der Waals surface area contributed by atoms with E-state index in [0.29, 0.717) is 23.2 Å². The molecule has 1 fully saturated rings. The lowest BCUT2D eigenvalue weighted by Crippen LogP contribution is -2.31. The number of likely N-dealkylation sites (tertiary alicyclic amines) is 1. The molecular formula is C16H22ClNO3. The molecule has 0 aromatic heterocycles. The molecule has 0 radical (unpaired) electrons. The fourth-order valence-corrected chi connectivity index (χ4v) is 3.10. The Morgan fingerprint density at radius 1 is 1.57 bits per heavy atom. The first-order chi connectivity index (χ1) is 10.0. The van der Waals surface area contributed by atoms with Crippen molar-refractivity contribution >= 4 is 17.6 Å². The van der Waals surface area contributed by atoms with Crippen LogP contribution < -0.4 is 0 Å². The van der Waals surface area contributed by atoms with Crippen molar-refractivity contribution in [3.05, 3.63) is 34.3 Å². The Hall–Kier alpha value is -1.10. The highest BCUT2D eigenvalue weighted by Crippen LogP contribution is 2.27. The van der Waals surface area contributed by atoms with Crippen LogP contribution >= 0.6 is 11.6 Å². The molecule has 0 bridgehead atoms. The van der Waals surface area contributed by atoms with Crippen LogP contribution in [-0.4, -0.2) is 41.8 Å². The summed E-state index contributed by atoms with van der Waals surface area (Å²) in [5, 5.41) is 10.2. The van der Waals surface area contributed by atoms with Crippen molar-refractivity contribution in [1.29, 1.82) is 0 Å². The second-order valence-electron chi connectivity index (χ2n) is 5.65. The third-order valence-corrected chi connectivity index (χ3v) is 4.32. The number of ether oxygens (including phenoxy) is 1. The first-order valence-corrected chi connectivity index (χ1v) is 7.68. The second-order valence-corrected chi connectivity index (χ2v) is 6.06. The van der Waals surface area contributed by atoms with Crippen molar-refractivity contribution < 1.29 is 14.6 Å². The highest BCUT2D eigenvalue weighted by Gasteiger charge is 2.26. The molecule has 1 aromatic rings. The van der Waals surface area contributed by atoms with Crippen LogP contribution in [0.2, 0.25) is 5.02 Å². The normalized spacial score (nSPS) is 20.5. The molecule has 21 heavy (non-hydrogen) atoms. The summed E-state index contributed by atoms with van der Waals surface area (Å²) >= 11 is 6.25. The van der Waals surface area contributed by atoms with E-state index in [9.17, 15) is 9.90 Å². The Morgan fingerprint density at radius 3 is 3.00 bits per heavy atom. The van der Waals surface area contributed by atoms with Crippen LogP contribution in [0.3, 0.4) is 0 Å². The average molecular weight is 312 g/mol. The van der Waals surface area contributed by atoms with E-state index in [-0.39, 0.29) is 12.1 Å². The molecule has 2 rings (SSSR count). The SMILES string of the molecule is COC(=O)c1ccc(Cl)c(CN2CCCC2CC(C)O)c1.